The third-order valence-electron chi connectivity index (χ3n) is 5.20. The van der Waals surface area contributed by atoms with E-state index in [2.05, 4.69) is 26.6 Å². The molecule has 0 radical (unpaired) electrons. The molecule has 30 heavy (non-hydrogen) atoms. The Bertz CT molecular complexity index is 1350. The highest BCUT2D eigenvalue weighted by Crippen LogP contribution is 2.29. The summed E-state index contributed by atoms with van der Waals surface area (Å²) in [6, 6.07) is 12.7. The Morgan fingerprint density at radius 2 is 2.00 bits per heavy atom. The van der Waals surface area contributed by atoms with E-state index in [0.29, 0.717) is 24.7 Å². The summed E-state index contributed by atoms with van der Waals surface area (Å²) in [6.45, 7) is 1.32. The predicted molar refractivity (Wildman–Crippen MR) is 112 cm³/mol. The minimum Gasteiger partial charge on any atom is -0.493 e. The van der Waals surface area contributed by atoms with E-state index in [1.807, 2.05) is 12.1 Å². The number of sulfone groups is 1. The highest BCUT2D eigenvalue weighted by Gasteiger charge is 2.17. The standard InChI is InChI=1S/C21H19N5O3S/c1-30(27,28)16-7-5-14(6-8-16)18-12-23-21(26-13-24-25-20(18)26)22-11-15-3-2-4-19-17(15)9-10-29-19/h2-8,12-13H,9-11H2,1H3,(H,22,23). The Labute approximate surface area is 173 Å². The molecule has 2 aromatic carbocycles. The van der Waals surface area contributed by atoms with Gasteiger partial charge in [0.2, 0.25) is 5.95 Å². The SMILES string of the molecule is CS(=O)(=O)c1ccc(-c2cnc(NCc3cccc4c3CCO4)n3cnnc23)cc1. The summed E-state index contributed by atoms with van der Waals surface area (Å²) in [4.78, 5) is 4.83. The molecule has 3 heterocycles. The summed E-state index contributed by atoms with van der Waals surface area (Å²) in [5.74, 6) is 1.58. The molecule has 0 aliphatic carbocycles. The van der Waals surface area contributed by atoms with Crippen LogP contribution in [0.5, 0.6) is 5.75 Å². The molecule has 0 spiro atoms. The third kappa shape index (κ3) is 3.26. The van der Waals surface area contributed by atoms with Crippen molar-refractivity contribution < 1.29 is 13.2 Å². The van der Waals surface area contributed by atoms with Gasteiger partial charge in [-0.1, -0.05) is 24.3 Å². The average molecular weight is 421 g/mol. The van der Waals surface area contributed by atoms with Crippen molar-refractivity contribution >= 4 is 21.4 Å². The van der Waals surface area contributed by atoms with Crippen molar-refractivity contribution in [2.24, 2.45) is 0 Å². The van der Waals surface area contributed by atoms with Gasteiger partial charge in [0.15, 0.2) is 15.5 Å². The van der Waals surface area contributed by atoms with Crippen LogP contribution in [0.4, 0.5) is 5.95 Å². The van der Waals surface area contributed by atoms with Gasteiger partial charge in [-0.05, 0) is 29.3 Å². The first-order valence-corrected chi connectivity index (χ1v) is 11.4. The summed E-state index contributed by atoms with van der Waals surface area (Å²) < 4.78 is 30.8. The van der Waals surface area contributed by atoms with Crippen molar-refractivity contribution in [2.75, 3.05) is 18.2 Å². The average Bonchev–Trinajstić information content (AvgIpc) is 3.41. The molecule has 1 N–H and O–H groups in total. The molecule has 0 fully saturated rings. The lowest BCUT2D eigenvalue weighted by Gasteiger charge is -2.12. The highest BCUT2D eigenvalue weighted by atomic mass is 32.2. The van der Waals surface area contributed by atoms with E-state index in [9.17, 15) is 8.42 Å². The summed E-state index contributed by atoms with van der Waals surface area (Å²) in [6.07, 6.45) is 5.43. The van der Waals surface area contributed by atoms with Crippen LogP contribution in [0.15, 0.2) is 59.9 Å². The number of nitrogens with zero attached hydrogens (tertiary/aromatic N) is 4. The summed E-state index contributed by atoms with van der Waals surface area (Å²) in [5, 5.41) is 11.6. The second-order valence-corrected chi connectivity index (χ2v) is 9.18. The third-order valence-corrected chi connectivity index (χ3v) is 6.33. The molecule has 0 bridgehead atoms. The number of rotatable bonds is 5. The van der Waals surface area contributed by atoms with E-state index in [4.69, 9.17) is 4.74 Å². The number of nitrogens with one attached hydrogen (secondary N) is 1. The number of aromatic nitrogens is 4. The molecule has 0 atom stereocenters. The zero-order valence-corrected chi connectivity index (χ0v) is 17.1. The molecule has 0 unspecified atom stereocenters. The summed E-state index contributed by atoms with van der Waals surface area (Å²) in [7, 11) is -3.25. The number of hydrogen-bond donors (Lipinski definition) is 1. The molecule has 152 valence electrons. The number of hydrogen-bond acceptors (Lipinski definition) is 7. The summed E-state index contributed by atoms with van der Waals surface area (Å²) >= 11 is 0. The fourth-order valence-electron chi connectivity index (χ4n) is 3.67. The molecule has 5 rings (SSSR count). The fourth-order valence-corrected chi connectivity index (χ4v) is 4.30. The Morgan fingerprint density at radius 3 is 2.80 bits per heavy atom. The molecule has 9 heteroatoms. The molecule has 8 nitrogen and oxygen atoms in total. The van der Waals surface area contributed by atoms with Gasteiger partial charge in [0.1, 0.15) is 12.1 Å². The van der Waals surface area contributed by atoms with Crippen molar-refractivity contribution in [2.45, 2.75) is 17.9 Å². The zero-order chi connectivity index (χ0) is 20.7. The van der Waals surface area contributed by atoms with E-state index in [-0.39, 0.29) is 4.90 Å². The van der Waals surface area contributed by atoms with Gasteiger partial charge in [-0.2, -0.15) is 0 Å². The smallest absolute Gasteiger partial charge is 0.210 e. The topological polar surface area (TPSA) is 98.5 Å². The highest BCUT2D eigenvalue weighted by molar-refractivity contribution is 7.90. The van der Waals surface area contributed by atoms with Crippen molar-refractivity contribution in [3.05, 3.63) is 66.1 Å². The van der Waals surface area contributed by atoms with Crippen LogP contribution in [0, 0.1) is 0 Å². The van der Waals surface area contributed by atoms with Crippen LogP contribution in [0.3, 0.4) is 0 Å². The Hall–Kier alpha value is -3.46. The lowest BCUT2D eigenvalue weighted by molar-refractivity contribution is 0.357. The van der Waals surface area contributed by atoms with Crippen LogP contribution in [0.1, 0.15) is 11.1 Å². The normalized spacial score (nSPS) is 13.2. The second-order valence-electron chi connectivity index (χ2n) is 7.16. The minimum atomic E-state index is -3.25. The maximum absolute atomic E-state index is 11.7. The quantitative estimate of drug-likeness (QED) is 0.529. The molecule has 2 aromatic heterocycles. The first-order valence-electron chi connectivity index (χ1n) is 9.47. The van der Waals surface area contributed by atoms with Crippen LogP contribution in [-0.4, -0.2) is 40.9 Å². The maximum Gasteiger partial charge on any atom is 0.210 e. The van der Waals surface area contributed by atoms with Gasteiger partial charge in [0, 0.05) is 36.5 Å². The first kappa shape index (κ1) is 18.6. The van der Waals surface area contributed by atoms with Crippen molar-refractivity contribution in [1.82, 2.24) is 19.6 Å². The molecule has 1 aliphatic heterocycles. The number of benzene rings is 2. The van der Waals surface area contributed by atoms with Crippen molar-refractivity contribution in [3.8, 4) is 16.9 Å². The van der Waals surface area contributed by atoms with E-state index >= 15 is 0 Å². The van der Waals surface area contributed by atoms with Gasteiger partial charge in [0.05, 0.1) is 11.5 Å². The second kappa shape index (κ2) is 7.10. The van der Waals surface area contributed by atoms with E-state index in [1.165, 1.54) is 17.4 Å². The van der Waals surface area contributed by atoms with Crippen molar-refractivity contribution in [3.63, 3.8) is 0 Å². The molecular weight excluding hydrogens is 402 g/mol. The van der Waals surface area contributed by atoms with Crippen LogP contribution in [0.25, 0.3) is 16.8 Å². The largest absolute Gasteiger partial charge is 0.493 e. The Kier molecular flexibility index (Phi) is 4.39. The van der Waals surface area contributed by atoms with Gasteiger partial charge in [-0.3, -0.25) is 4.40 Å². The van der Waals surface area contributed by atoms with Crippen LogP contribution < -0.4 is 10.1 Å². The van der Waals surface area contributed by atoms with Gasteiger partial charge < -0.3 is 10.1 Å². The zero-order valence-electron chi connectivity index (χ0n) is 16.2. The molecule has 0 amide bonds. The van der Waals surface area contributed by atoms with Crippen LogP contribution in [0.2, 0.25) is 0 Å². The Morgan fingerprint density at radius 1 is 1.17 bits per heavy atom. The van der Waals surface area contributed by atoms with Gasteiger partial charge in [-0.15, -0.1) is 10.2 Å². The molecule has 0 saturated carbocycles. The molecule has 4 aromatic rings. The van der Waals surface area contributed by atoms with E-state index in [0.717, 1.165) is 23.3 Å². The van der Waals surface area contributed by atoms with Crippen LogP contribution >= 0.6 is 0 Å². The molecule has 1 aliphatic rings. The first-order chi connectivity index (χ1) is 14.5. The number of ether oxygens (including phenoxy) is 1. The molecule has 0 saturated heterocycles. The van der Waals surface area contributed by atoms with Gasteiger partial charge in [0.25, 0.3) is 0 Å². The number of fused-ring (bicyclic) bond motifs is 2. The van der Waals surface area contributed by atoms with E-state index < -0.39 is 9.84 Å². The molecular formula is C21H19N5O3S. The Balaban J connectivity index is 1.45. The van der Waals surface area contributed by atoms with Gasteiger partial charge >= 0.3 is 0 Å². The van der Waals surface area contributed by atoms with Gasteiger partial charge in [-0.25, -0.2) is 13.4 Å². The predicted octanol–water partition coefficient (Wildman–Crippen LogP) is 2.74. The van der Waals surface area contributed by atoms with E-state index in [1.54, 1.807) is 41.2 Å². The lowest BCUT2D eigenvalue weighted by atomic mass is 10.1. The lowest BCUT2D eigenvalue weighted by Crippen LogP contribution is -2.08. The number of anilines is 1. The van der Waals surface area contributed by atoms with Crippen LogP contribution in [-0.2, 0) is 22.8 Å². The van der Waals surface area contributed by atoms with Crippen molar-refractivity contribution in [1.29, 1.82) is 0 Å². The maximum atomic E-state index is 11.7. The monoisotopic (exact) mass is 421 g/mol. The summed E-state index contributed by atoms with van der Waals surface area (Å²) in [5.41, 5.74) is 4.63. The minimum absolute atomic E-state index is 0.273. The fraction of sp³-hybridized carbons (Fsp3) is 0.190.